The zero-order valence-corrected chi connectivity index (χ0v) is 13.4. The quantitative estimate of drug-likeness (QED) is 0.854. The third kappa shape index (κ3) is 2.50. The van der Waals surface area contributed by atoms with Crippen molar-refractivity contribution in [1.82, 2.24) is 10.1 Å². The number of aryl methyl sites for hydroxylation is 1. The molecule has 0 saturated heterocycles. The van der Waals surface area contributed by atoms with E-state index in [0.29, 0.717) is 30.4 Å². The molecule has 5 heteroatoms. The van der Waals surface area contributed by atoms with Crippen LogP contribution in [0.5, 0.6) is 5.75 Å². The van der Waals surface area contributed by atoms with Crippen LogP contribution in [0.25, 0.3) is 0 Å². The molecule has 4 rings (SSSR count). The minimum absolute atomic E-state index is 0.00143. The van der Waals surface area contributed by atoms with Crippen LogP contribution in [-0.2, 0) is 6.54 Å². The van der Waals surface area contributed by atoms with Crippen LogP contribution in [0.4, 0.5) is 0 Å². The number of carbonyl (C=O) groups excluding carboxylic acids is 1. The molecule has 1 aliphatic carbocycles. The van der Waals surface area contributed by atoms with E-state index in [1.807, 2.05) is 43.0 Å². The van der Waals surface area contributed by atoms with Crippen LogP contribution in [0, 0.1) is 6.92 Å². The number of ether oxygens (including phenoxy) is 1. The number of hydrogen-bond donors (Lipinski definition) is 0. The zero-order valence-electron chi connectivity index (χ0n) is 13.4. The van der Waals surface area contributed by atoms with Crippen molar-refractivity contribution in [1.29, 1.82) is 0 Å². The van der Waals surface area contributed by atoms with Crippen LogP contribution >= 0.6 is 0 Å². The minimum Gasteiger partial charge on any atom is -0.491 e. The molecule has 1 unspecified atom stereocenters. The maximum Gasteiger partial charge on any atom is 0.260 e. The van der Waals surface area contributed by atoms with Crippen molar-refractivity contribution < 1.29 is 14.1 Å². The lowest BCUT2D eigenvalue weighted by molar-refractivity contribution is 0.0642. The lowest BCUT2D eigenvalue weighted by Gasteiger charge is -2.26. The minimum atomic E-state index is -0.00347. The molecule has 1 aromatic carbocycles. The molecule has 1 fully saturated rings. The van der Waals surface area contributed by atoms with Crippen molar-refractivity contribution in [3.05, 3.63) is 46.8 Å². The Labute approximate surface area is 135 Å². The van der Waals surface area contributed by atoms with E-state index in [-0.39, 0.29) is 11.9 Å². The molecule has 2 aliphatic rings. The summed E-state index contributed by atoms with van der Waals surface area (Å²) in [6, 6.07) is 7.89. The molecular weight excluding hydrogens is 292 g/mol. The number of amides is 1. The van der Waals surface area contributed by atoms with Gasteiger partial charge in [0.1, 0.15) is 23.7 Å². The highest BCUT2D eigenvalue weighted by Gasteiger charge is 2.36. The number of nitrogens with zero attached hydrogens (tertiary/aromatic N) is 2. The Balaban J connectivity index is 1.69. The Morgan fingerprint density at radius 3 is 2.87 bits per heavy atom. The topological polar surface area (TPSA) is 55.6 Å². The number of fused-ring (bicyclic) bond motifs is 1. The van der Waals surface area contributed by atoms with Crippen LogP contribution in [0.15, 0.2) is 28.8 Å². The van der Waals surface area contributed by atoms with Crippen molar-refractivity contribution in [2.24, 2.45) is 0 Å². The van der Waals surface area contributed by atoms with Crippen LogP contribution in [0.2, 0.25) is 0 Å². The van der Waals surface area contributed by atoms with Crippen molar-refractivity contribution >= 4 is 5.91 Å². The van der Waals surface area contributed by atoms with Crippen molar-refractivity contribution in [3.8, 4) is 5.75 Å². The van der Waals surface area contributed by atoms with E-state index >= 15 is 0 Å². The summed E-state index contributed by atoms with van der Waals surface area (Å²) >= 11 is 0. The highest BCUT2D eigenvalue weighted by molar-refractivity contribution is 5.96. The first-order valence-corrected chi connectivity index (χ1v) is 8.13. The van der Waals surface area contributed by atoms with Gasteiger partial charge in [0.2, 0.25) is 0 Å². The van der Waals surface area contributed by atoms with Gasteiger partial charge in [0.15, 0.2) is 0 Å². The standard InChI is InChI=1S/C18H20N2O3/c1-11-10-22-15-6-4-3-5-14(15)9-20(11)18(21)16-12(2)23-19-17(16)13-7-8-13/h3-6,11,13H,7-10H2,1-2H3. The van der Waals surface area contributed by atoms with E-state index in [9.17, 15) is 4.79 Å². The third-order valence-corrected chi connectivity index (χ3v) is 4.65. The van der Waals surface area contributed by atoms with Gasteiger partial charge in [-0.1, -0.05) is 23.4 Å². The number of aromatic nitrogens is 1. The molecule has 5 nitrogen and oxygen atoms in total. The first-order chi connectivity index (χ1) is 11.1. The van der Waals surface area contributed by atoms with Crippen LogP contribution in [-0.4, -0.2) is 28.6 Å². The number of para-hydroxylation sites is 1. The average molecular weight is 312 g/mol. The second-order valence-corrected chi connectivity index (χ2v) is 6.47. The van der Waals surface area contributed by atoms with Gasteiger partial charge in [-0.15, -0.1) is 0 Å². The summed E-state index contributed by atoms with van der Waals surface area (Å²) < 4.78 is 11.2. The lowest BCUT2D eigenvalue weighted by Crippen LogP contribution is -2.40. The second kappa shape index (κ2) is 5.41. The Hall–Kier alpha value is -2.30. The number of hydrogen-bond acceptors (Lipinski definition) is 4. The average Bonchev–Trinajstić information content (AvgIpc) is 3.34. The Bertz CT molecular complexity index is 748. The van der Waals surface area contributed by atoms with Gasteiger partial charge in [0.25, 0.3) is 5.91 Å². The predicted molar refractivity (Wildman–Crippen MR) is 84.5 cm³/mol. The fourth-order valence-corrected chi connectivity index (χ4v) is 3.12. The Kier molecular flexibility index (Phi) is 3.36. The van der Waals surface area contributed by atoms with Crippen molar-refractivity contribution in [2.75, 3.05) is 6.61 Å². The van der Waals surface area contributed by atoms with Gasteiger partial charge in [-0.2, -0.15) is 0 Å². The SMILES string of the molecule is Cc1onc(C2CC2)c1C(=O)N1Cc2ccccc2OCC1C. The summed E-state index contributed by atoms with van der Waals surface area (Å²) in [5, 5.41) is 4.13. The van der Waals surface area contributed by atoms with Crippen molar-refractivity contribution in [3.63, 3.8) is 0 Å². The molecule has 1 aliphatic heterocycles. The Morgan fingerprint density at radius 2 is 2.09 bits per heavy atom. The number of carbonyl (C=O) groups is 1. The molecule has 0 bridgehead atoms. The zero-order chi connectivity index (χ0) is 16.0. The van der Waals surface area contributed by atoms with Crippen LogP contribution in [0.3, 0.4) is 0 Å². The van der Waals surface area contributed by atoms with Gasteiger partial charge in [0.05, 0.1) is 18.3 Å². The van der Waals surface area contributed by atoms with E-state index < -0.39 is 0 Å². The molecule has 0 spiro atoms. The highest BCUT2D eigenvalue weighted by atomic mass is 16.5. The Morgan fingerprint density at radius 1 is 1.30 bits per heavy atom. The summed E-state index contributed by atoms with van der Waals surface area (Å²) in [5.74, 6) is 1.86. The summed E-state index contributed by atoms with van der Waals surface area (Å²) in [5.41, 5.74) is 2.52. The number of benzene rings is 1. The maximum absolute atomic E-state index is 13.2. The highest BCUT2D eigenvalue weighted by Crippen LogP contribution is 2.42. The fraction of sp³-hybridized carbons (Fsp3) is 0.444. The normalized spacial score (nSPS) is 20.6. The summed E-state index contributed by atoms with van der Waals surface area (Å²) in [6.45, 7) is 4.87. The molecule has 1 amide bonds. The van der Waals surface area contributed by atoms with E-state index in [2.05, 4.69) is 5.16 Å². The molecule has 23 heavy (non-hydrogen) atoms. The van der Waals surface area contributed by atoms with Gasteiger partial charge >= 0.3 is 0 Å². The molecule has 1 atom stereocenters. The van der Waals surface area contributed by atoms with Gasteiger partial charge in [-0.05, 0) is 32.8 Å². The van der Waals surface area contributed by atoms with E-state index in [0.717, 1.165) is 29.8 Å². The largest absolute Gasteiger partial charge is 0.491 e. The van der Waals surface area contributed by atoms with Gasteiger partial charge in [0, 0.05) is 11.5 Å². The van der Waals surface area contributed by atoms with Gasteiger partial charge < -0.3 is 14.2 Å². The summed E-state index contributed by atoms with van der Waals surface area (Å²) in [6.07, 6.45) is 2.18. The third-order valence-electron chi connectivity index (χ3n) is 4.65. The summed E-state index contributed by atoms with van der Waals surface area (Å²) in [7, 11) is 0. The molecule has 0 radical (unpaired) electrons. The first-order valence-electron chi connectivity index (χ1n) is 8.13. The van der Waals surface area contributed by atoms with Gasteiger partial charge in [-0.25, -0.2) is 0 Å². The monoisotopic (exact) mass is 312 g/mol. The molecule has 2 heterocycles. The molecule has 120 valence electrons. The smallest absolute Gasteiger partial charge is 0.260 e. The fourth-order valence-electron chi connectivity index (χ4n) is 3.12. The molecule has 0 N–H and O–H groups in total. The lowest BCUT2D eigenvalue weighted by atomic mass is 10.1. The summed E-state index contributed by atoms with van der Waals surface area (Å²) in [4.78, 5) is 15.1. The van der Waals surface area contributed by atoms with E-state index in [4.69, 9.17) is 9.26 Å². The van der Waals surface area contributed by atoms with E-state index in [1.165, 1.54) is 0 Å². The predicted octanol–water partition coefficient (Wildman–Crippen LogP) is 3.28. The second-order valence-electron chi connectivity index (χ2n) is 6.47. The molecule has 1 aromatic heterocycles. The molecular formula is C18H20N2O3. The van der Waals surface area contributed by atoms with Gasteiger partial charge in [-0.3, -0.25) is 4.79 Å². The number of rotatable bonds is 2. The van der Waals surface area contributed by atoms with Crippen LogP contribution < -0.4 is 4.74 Å². The van der Waals surface area contributed by atoms with E-state index in [1.54, 1.807) is 0 Å². The molecule has 2 aromatic rings. The molecule has 1 saturated carbocycles. The maximum atomic E-state index is 13.2. The van der Waals surface area contributed by atoms with Crippen LogP contribution in [0.1, 0.15) is 53.1 Å². The first kappa shape index (κ1) is 14.3. The van der Waals surface area contributed by atoms with Crippen molar-refractivity contribution in [2.45, 2.75) is 45.2 Å².